The van der Waals surface area contributed by atoms with Gasteiger partial charge in [-0.15, -0.1) is 0 Å². The van der Waals surface area contributed by atoms with Gasteiger partial charge in [0.2, 0.25) is 0 Å². The number of nitrogens with one attached hydrogen (secondary N) is 2. The molecule has 0 fully saturated rings. The molecule has 0 saturated heterocycles. The summed E-state index contributed by atoms with van der Waals surface area (Å²) in [5, 5.41) is 5.61. The summed E-state index contributed by atoms with van der Waals surface area (Å²) in [4.78, 5) is 15.8. The molecular weight excluding hydrogens is 259 g/mol. The van der Waals surface area contributed by atoms with Crippen molar-refractivity contribution in [1.29, 1.82) is 0 Å². The van der Waals surface area contributed by atoms with Crippen LogP contribution in [0.15, 0.2) is 29.3 Å². The number of carbonyl (C=O) groups is 1. The van der Waals surface area contributed by atoms with Crippen LogP contribution in [0.3, 0.4) is 0 Å². The standard InChI is InChI=1S/C14H21FN4O/c1-10(2)9-19-14(16)18-8-7-17-13(20)11-3-5-12(15)6-4-11/h3-6,10H,7-9H2,1-2H3,(H,17,20)(H3,16,18,19). The summed E-state index contributed by atoms with van der Waals surface area (Å²) in [7, 11) is 0. The SMILES string of the molecule is CC(C)CN=C(N)NCCNC(=O)c1ccc(F)cc1. The van der Waals surface area contributed by atoms with Crippen molar-refractivity contribution in [3.63, 3.8) is 0 Å². The minimum atomic E-state index is -0.364. The van der Waals surface area contributed by atoms with Crippen LogP contribution >= 0.6 is 0 Å². The minimum Gasteiger partial charge on any atom is -0.370 e. The maximum Gasteiger partial charge on any atom is 0.251 e. The second-order valence-electron chi connectivity index (χ2n) is 4.81. The highest BCUT2D eigenvalue weighted by atomic mass is 19.1. The van der Waals surface area contributed by atoms with E-state index in [1.807, 2.05) is 0 Å². The lowest BCUT2D eigenvalue weighted by Gasteiger charge is -2.08. The summed E-state index contributed by atoms with van der Waals surface area (Å²) in [6, 6.07) is 5.39. The van der Waals surface area contributed by atoms with Gasteiger partial charge >= 0.3 is 0 Å². The van der Waals surface area contributed by atoms with E-state index in [-0.39, 0.29) is 11.7 Å². The molecule has 1 rings (SSSR count). The van der Waals surface area contributed by atoms with Crippen molar-refractivity contribution in [2.45, 2.75) is 13.8 Å². The van der Waals surface area contributed by atoms with E-state index in [1.165, 1.54) is 24.3 Å². The molecular formula is C14H21FN4O. The summed E-state index contributed by atoms with van der Waals surface area (Å²) < 4.78 is 12.7. The van der Waals surface area contributed by atoms with Crippen molar-refractivity contribution >= 4 is 11.9 Å². The smallest absolute Gasteiger partial charge is 0.251 e. The molecule has 0 aliphatic carbocycles. The molecule has 0 atom stereocenters. The first kappa shape index (κ1) is 15.9. The molecule has 5 nitrogen and oxygen atoms in total. The Morgan fingerprint density at radius 3 is 2.45 bits per heavy atom. The van der Waals surface area contributed by atoms with Crippen LogP contribution in [0.1, 0.15) is 24.2 Å². The lowest BCUT2D eigenvalue weighted by molar-refractivity contribution is 0.0954. The third-order valence-corrected chi connectivity index (χ3v) is 2.45. The Morgan fingerprint density at radius 2 is 1.85 bits per heavy atom. The van der Waals surface area contributed by atoms with E-state index >= 15 is 0 Å². The lowest BCUT2D eigenvalue weighted by atomic mass is 10.2. The highest BCUT2D eigenvalue weighted by molar-refractivity contribution is 5.94. The topological polar surface area (TPSA) is 79.5 Å². The van der Waals surface area contributed by atoms with Crippen LogP contribution in [-0.4, -0.2) is 31.5 Å². The molecule has 0 spiro atoms. The van der Waals surface area contributed by atoms with Crippen molar-refractivity contribution in [3.8, 4) is 0 Å². The van der Waals surface area contributed by atoms with E-state index < -0.39 is 0 Å². The zero-order chi connectivity index (χ0) is 15.0. The number of nitrogens with zero attached hydrogens (tertiary/aromatic N) is 1. The van der Waals surface area contributed by atoms with Gasteiger partial charge in [0.05, 0.1) is 0 Å². The number of hydrogen-bond acceptors (Lipinski definition) is 2. The van der Waals surface area contributed by atoms with Crippen LogP contribution in [0, 0.1) is 11.7 Å². The van der Waals surface area contributed by atoms with E-state index in [4.69, 9.17) is 5.73 Å². The fraction of sp³-hybridized carbons (Fsp3) is 0.429. The second-order valence-corrected chi connectivity index (χ2v) is 4.81. The number of halogens is 1. The molecule has 4 N–H and O–H groups in total. The van der Waals surface area contributed by atoms with E-state index in [0.29, 0.717) is 37.1 Å². The Hall–Kier alpha value is -2.11. The van der Waals surface area contributed by atoms with Gasteiger partial charge in [0.25, 0.3) is 5.91 Å². The van der Waals surface area contributed by atoms with Gasteiger partial charge in [0.1, 0.15) is 5.82 Å². The van der Waals surface area contributed by atoms with Gasteiger partial charge in [-0.2, -0.15) is 0 Å². The predicted molar refractivity (Wildman–Crippen MR) is 78.1 cm³/mol. The van der Waals surface area contributed by atoms with Gasteiger partial charge in [0, 0.05) is 25.2 Å². The number of hydrogen-bond donors (Lipinski definition) is 3. The normalized spacial score (nSPS) is 11.5. The summed E-state index contributed by atoms with van der Waals surface area (Å²) in [6.07, 6.45) is 0. The maximum atomic E-state index is 12.7. The maximum absolute atomic E-state index is 12.7. The van der Waals surface area contributed by atoms with Gasteiger partial charge < -0.3 is 16.4 Å². The van der Waals surface area contributed by atoms with E-state index in [2.05, 4.69) is 29.5 Å². The zero-order valence-electron chi connectivity index (χ0n) is 11.8. The average Bonchev–Trinajstić information content (AvgIpc) is 2.42. The third-order valence-electron chi connectivity index (χ3n) is 2.45. The molecule has 0 aliphatic heterocycles. The van der Waals surface area contributed by atoms with Crippen molar-refractivity contribution in [2.24, 2.45) is 16.6 Å². The molecule has 20 heavy (non-hydrogen) atoms. The number of carbonyl (C=O) groups excluding carboxylic acids is 1. The van der Waals surface area contributed by atoms with Gasteiger partial charge in [-0.05, 0) is 30.2 Å². The Morgan fingerprint density at radius 1 is 1.25 bits per heavy atom. The Kier molecular flexibility index (Phi) is 6.49. The van der Waals surface area contributed by atoms with Crippen LogP contribution in [0.25, 0.3) is 0 Å². The molecule has 0 heterocycles. The molecule has 1 aromatic carbocycles. The first-order chi connectivity index (χ1) is 9.49. The fourth-order valence-electron chi connectivity index (χ4n) is 1.41. The first-order valence-corrected chi connectivity index (χ1v) is 6.56. The lowest BCUT2D eigenvalue weighted by Crippen LogP contribution is -2.38. The largest absolute Gasteiger partial charge is 0.370 e. The molecule has 0 bridgehead atoms. The minimum absolute atomic E-state index is 0.246. The van der Waals surface area contributed by atoms with Crippen molar-refractivity contribution in [1.82, 2.24) is 10.6 Å². The van der Waals surface area contributed by atoms with Crippen LogP contribution in [0.4, 0.5) is 4.39 Å². The third kappa shape index (κ3) is 6.17. The molecule has 6 heteroatoms. The molecule has 0 radical (unpaired) electrons. The monoisotopic (exact) mass is 280 g/mol. The molecule has 0 aliphatic rings. The quantitative estimate of drug-likeness (QED) is 0.415. The van der Waals surface area contributed by atoms with Gasteiger partial charge in [0.15, 0.2) is 5.96 Å². The Labute approximate surface area is 118 Å². The molecule has 0 aromatic heterocycles. The number of guanidine groups is 1. The van der Waals surface area contributed by atoms with Crippen LogP contribution < -0.4 is 16.4 Å². The summed E-state index contributed by atoms with van der Waals surface area (Å²) in [6.45, 7) is 5.68. The zero-order valence-corrected chi connectivity index (χ0v) is 11.8. The highest BCUT2D eigenvalue weighted by Crippen LogP contribution is 2.01. The molecule has 110 valence electrons. The predicted octanol–water partition coefficient (Wildman–Crippen LogP) is 1.12. The Bertz CT molecular complexity index is 457. The number of amides is 1. The fourth-order valence-corrected chi connectivity index (χ4v) is 1.41. The van der Waals surface area contributed by atoms with Gasteiger partial charge in [-0.25, -0.2) is 4.39 Å². The molecule has 0 unspecified atom stereocenters. The number of benzene rings is 1. The number of nitrogens with two attached hydrogens (primary N) is 1. The van der Waals surface area contributed by atoms with E-state index in [0.717, 1.165) is 0 Å². The summed E-state index contributed by atoms with van der Waals surface area (Å²) >= 11 is 0. The van der Waals surface area contributed by atoms with Gasteiger partial charge in [-0.3, -0.25) is 9.79 Å². The van der Waals surface area contributed by atoms with Crippen LogP contribution in [0.2, 0.25) is 0 Å². The number of rotatable bonds is 6. The molecule has 0 saturated carbocycles. The Balaban J connectivity index is 2.25. The van der Waals surface area contributed by atoms with E-state index in [1.54, 1.807) is 0 Å². The highest BCUT2D eigenvalue weighted by Gasteiger charge is 2.04. The summed E-state index contributed by atoms with van der Waals surface area (Å²) in [5.74, 6) is 0.213. The first-order valence-electron chi connectivity index (χ1n) is 6.56. The van der Waals surface area contributed by atoms with Crippen molar-refractivity contribution in [3.05, 3.63) is 35.6 Å². The summed E-state index contributed by atoms with van der Waals surface area (Å²) in [5.41, 5.74) is 6.08. The average molecular weight is 280 g/mol. The number of aliphatic imine (C=N–C) groups is 1. The van der Waals surface area contributed by atoms with Crippen LogP contribution in [0.5, 0.6) is 0 Å². The molecule has 1 amide bonds. The van der Waals surface area contributed by atoms with Crippen LogP contribution in [-0.2, 0) is 0 Å². The molecule has 1 aromatic rings. The van der Waals surface area contributed by atoms with Crippen molar-refractivity contribution < 1.29 is 9.18 Å². The van der Waals surface area contributed by atoms with Gasteiger partial charge in [-0.1, -0.05) is 13.8 Å². The van der Waals surface area contributed by atoms with Crippen molar-refractivity contribution in [2.75, 3.05) is 19.6 Å². The van der Waals surface area contributed by atoms with E-state index in [9.17, 15) is 9.18 Å². The second kappa shape index (κ2) is 8.14.